The molecule has 0 saturated heterocycles. The number of benzodiazepines with no additional fused rings is 1. The molecule has 5 rings (SSSR count). The topological polar surface area (TPSA) is 136 Å². The number of aliphatic hydroxyl groups excluding tert-OH is 1. The number of amides is 1. The number of aryl methyl sites for hydroxylation is 1. The number of hydrogen-bond donors (Lipinski definition) is 2. The number of nitrogens with two attached hydrogens (primary N) is 1. The number of carboxylic acids is 1. The zero-order valence-electron chi connectivity index (χ0n) is 21.8. The van der Waals surface area contributed by atoms with Crippen molar-refractivity contribution in [2.45, 2.75) is 19.2 Å². The van der Waals surface area contributed by atoms with Gasteiger partial charge >= 0.3 is 0 Å². The summed E-state index contributed by atoms with van der Waals surface area (Å²) >= 11 is 0. The van der Waals surface area contributed by atoms with Gasteiger partial charge in [-0.1, -0.05) is 103 Å². The van der Waals surface area contributed by atoms with Crippen LogP contribution in [0.25, 0.3) is 0 Å². The van der Waals surface area contributed by atoms with E-state index in [-0.39, 0.29) is 12.3 Å². The van der Waals surface area contributed by atoms with Gasteiger partial charge in [0.05, 0.1) is 23.9 Å². The van der Waals surface area contributed by atoms with Crippen LogP contribution in [0.15, 0.2) is 114 Å². The van der Waals surface area contributed by atoms with Crippen LogP contribution >= 0.6 is 0 Å². The molecule has 1 heterocycles. The lowest BCUT2D eigenvalue weighted by Crippen LogP contribution is -2.44. The van der Waals surface area contributed by atoms with Gasteiger partial charge in [0.1, 0.15) is 6.10 Å². The molecule has 1 aliphatic rings. The highest BCUT2D eigenvalue weighted by Crippen LogP contribution is 2.28. The maximum absolute atomic E-state index is 13.1. The van der Waals surface area contributed by atoms with Crippen LogP contribution in [0.5, 0.6) is 0 Å². The highest BCUT2D eigenvalue weighted by molar-refractivity contribution is 6.21. The number of Topliss-reactive ketones (excluding diaryl/α,β-unsaturated/α-hetero) is 1. The molecule has 40 heavy (non-hydrogen) atoms. The van der Waals surface area contributed by atoms with Gasteiger partial charge in [-0.2, -0.15) is 0 Å². The van der Waals surface area contributed by atoms with Gasteiger partial charge in [0.25, 0.3) is 5.91 Å². The van der Waals surface area contributed by atoms with Crippen LogP contribution in [-0.2, 0) is 9.59 Å². The number of benzene rings is 4. The summed E-state index contributed by atoms with van der Waals surface area (Å²) < 4.78 is 0. The number of fused-ring (bicyclic) bond motifs is 1. The number of para-hydroxylation sites is 1. The van der Waals surface area contributed by atoms with E-state index in [4.69, 9.17) is 10.8 Å². The molecule has 0 aliphatic carbocycles. The van der Waals surface area contributed by atoms with Crippen molar-refractivity contribution in [1.29, 1.82) is 0 Å². The molecule has 2 atom stereocenters. The number of carboxylic acid groups (broad SMARTS) is 1. The Hall–Kier alpha value is -4.92. The molecule has 202 valence electrons. The van der Waals surface area contributed by atoms with Crippen molar-refractivity contribution in [1.82, 2.24) is 0 Å². The number of carbonyl (C=O) groups excluding carboxylic acids is 3. The molecule has 1 aliphatic heterocycles. The molecule has 4 aromatic rings. The highest BCUT2D eigenvalue weighted by atomic mass is 16.4. The minimum absolute atomic E-state index is 0.0913. The molecule has 8 heteroatoms. The summed E-state index contributed by atoms with van der Waals surface area (Å²) in [4.78, 5) is 42.2. The Morgan fingerprint density at radius 3 is 2.12 bits per heavy atom. The minimum atomic E-state index is -1.52. The third-order valence-corrected chi connectivity index (χ3v) is 6.37. The van der Waals surface area contributed by atoms with Crippen molar-refractivity contribution in [2.24, 2.45) is 10.7 Å². The van der Waals surface area contributed by atoms with E-state index in [0.29, 0.717) is 22.5 Å². The highest BCUT2D eigenvalue weighted by Gasteiger charge is 2.31. The lowest BCUT2D eigenvalue weighted by molar-refractivity contribution is -0.315. The van der Waals surface area contributed by atoms with Crippen LogP contribution in [0.1, 0.15) is 38.7 Å². The maximum Gasteiger partial charge on any atom is 0.266 e. The Labute approximate surface area is 232 Å². The van der Waals surface area contributed by atoms with E-state index >= 15 is 0 Å². The van der Waals surface area contributed by atoms with E-state index in [0.717, 1.165) is 16.7 Å². The fraction of sp³-hybridized carbons (Fsp3) is 0.125. The second-order valence-corrected chi connectivity index (χ2v) is 9.10. The van der Waals surface area contributed by atoms with Crippen molar-refractivity contribution >= 4 is 29.1 Å². The summed E-state index contributed by atoms with van der Waals surface area (Å²) in [6.45, 7) is 1.79. The molecule has 3 N–H and O–H groups in total. The summed E-state index contributed by atoms with van der Waals surface area (Å²) in [6, 6.07) is 32.5. The third-order valence-electron chi connectivity index (χ3n) is 6.37. The monoisotopic (exact) mass is 534 g/mol. The molecular formula is C32H28N3O5-. The Kier molecular flexibility index (Phi) is 8.96. The minimum Gasteiger partial charge on any atom is -0.547 e. The second kappa shape index (κ2) is 12.8. The standard InChI is InChI=1S/C24H21N3O2.C8H8O3/c1-16-9-5-6-12-18(16)21(28)15-27-20-14-8-7-13-19(20)22(26-23(25)24(27)29)17-10-3-2-4-11-17;9-7(8(10)11)6-4-2-1-3-5-6/h2-14,23H,15,25H2,1H3;1-5,7,9H,(H,10,11)/p-1/t23-;7-/m01/s1. The van der Waals surface area contributed by atoms with Crippen LogP contribution in [-0.4, -0.2) is 41.2 Å². The fourth-order valence-electron chi connectivity index (χ4n) is 4.33. The molecule has 0 spiro atoms. The van der Waals surface area contributed by atoms with Crippen LogP contribution in [0, 0.1) is 6.92 Å². The predicted molar refractivity (Wildman–Crippen MR) is 151 cm³/mol. The van der Waals surface area contributed by atoms with Gasteiger partial charge in [-0.05, 0) is 24.1 Å². The third kappa shape index (κ3) is 6.37. The van der Waals surface area contributed by atoms with Gasteiger partial charge in [0, 0.05) is 16.7 Å². The summed E-state index contributed by atoms with van der Waals surface area (Å²) in [5, 5.41) is 19.1. The first-order valence-electron chi connectivity index (χ1n) is 12.6. The number of aliphatic hydroxyl groups is 1. The first kappa shape index (κ1) is 28.1. The van der Waals surface area contributed by atoms with Gasteiger partial charge in [-0.15, -0.1) is 0 Å². The van der Waals surface area contributed by atoms with Crippen molar-refractivity contribution in [3.8, 4) is 0 Å². The molecule has 0 fully saturated rings. The Balaban J connectivity index is 0.000000283. The molecule has 0 saturated carbocycles. The normalized spacial score (nSPS) is 15.1. The van der Waals surface area contributed by atoms with E-state index in [1.165, 1.54) is 17.0 Å². The lowest BCUT2D eigenvalue weighted by Gasteiger charge is -2.24. The maximum atomic E-state index is 13.1. The van der Waals surface area contributed by atoms with Gasteiger partial charge in [0.15, 0.2) is 11.9 Å². The molecule has 8 nitrogen and oxygen atoms in total. The molecule has 0 radical (unpaired) electrons. The van der Waals surface area contributed by atoms with Gasteiger partial charge in [-0.25, -0.2) is 0 Å². The molecule has 0 aromatic heterocycles. The van der Waals surface area contributed by atoms with Crippen molar-refractivity contribution in [3.63, 3.8) is 0 Å². The van der Waals surface area contributed by atoms with E-state index in [1.807, 2.05) is 79.7 Å². The SMILES string of the molecule is Cc1ccccc1C(=O)CN1C(=O)[C@@H](N)N=C(c2ccccc2)c2ccccc21.O=C([O-])[C@H](O)c1ccccc1. The molecule has 1 amide bonds. The summed E-state index contributed by atoms with van der Waals surface area (Å²) in [7, 11) is 0. The average molecular weight is 535 g/mol. The van der Waals surface area contributed by atoms with E-state index in [1.54, 1.807) is 24.3 Å². The number of aliphatic imine (C=N–C) groups is 1. The Bertz CT molecular complexity index is 1540. The van der Waals surface area contributed by atoms with E-state index < -0.39 is 24.1 Å². The van der Waals surface area contributed by atoms with Crippen LogP contribution in [0.3, 0.4) is 0 Å². The van der Waals surface area contributed by atoms with Crippen molar-refractivity contribution in [3.05, 3.63) is 137 Å². The largest absolute Gasteiger partial charge is 0.547 e. The first-order chi connectivity index (χ1) is 19.3. The molecule has 4 aromatic carbocycles. The number of rotatable bonds is 6. The fourth-order valence-corrected chi connectivity index (χ4v) is 4.33. The summed E-state index contributed by atoms with van der Waals surface area (Å²) in [5.74, 6) is -2.01. The summed E-state index contributed by atoms with van der Waals surface area (Å²) in [5.41, 5.74) is 10.9. The zero-order valence-corrected chi connectivity index (χ0v) is 21.8. The molecule has 0 bridgehead atoms. The number of nitrogens with zero attached hydrogens (tertiary/aromatic N) is 2. The van der Waals surface area contributed by atoms with Crippen molar-refractivity contribution < 1.29 is 24.6 Å². The van der Waals surface area contributed by atoms with Gasteiger partial charge in [0.2, 0.25) is 0 Å². The number of anilines is 1. The Morgan fingerprint density at radius 2 is 1.48 bits per heavy atom. The average Bonchev–Trinajstić information content (AvgIpc) is 3.08. The Morgan fingerprint density at radius 1 is 0.900 bits per heavy atom. The molecular weight excluding hydrogens is 506 g/mol. The van der Waals surface area contributed by atoms with Crippen molar-refractivity contribution in [2.75, 3.05) is 11.4 Å². The number of hydrogen-bond acceptors (Lipinski definition) is 7. The second-order valence-electron chi connectivity index (χ2n) is 9.10. The molecule has 0 unspecified atom stereocenters. The van der Waals surface area contributed by atoms with Gasteiger partial charge in [-0.3, -0.25) is 14.6 Å². The van der Waals surface area contributed by atoms with Crippen LogP contribution in [0.2, 0.25) is 0 Å². The number of ketones is 1. The summed E-state index contributed by atoms with van der Waals surface area (Å²) in [6.07, 6.45) is -2.60. The van der Waals surface area contributed by atoms with E-state index in [2.05, 4.69) is 4.99 Å². The van der Waals surface area contributed by atoms with Crippen LogP contribution in [0.4, 0.5) is 5.69 Å². The number of aliphatic carboxylic acids is 1. The smallest absolute Gasteiger partial charge is 0.266 e. The lowest BCUT2D eigenvalue weighted by atomic mass is 9.99. The van der Waals surface area contributed by atoms with E-state index in [9.17, 15) is 19.5 Å². The predicted octanol–water partition coefficient (Wildman–Crippen LogP) is 2.82. The van der Waals surface area contributed by atoms with Gasteiger partial charge < -0.3 is 25.6 Å². The quantitative estimate of drug-likeness (QED) is 0.365. The zero-order chi connectivity index (χ0) is 28.6. The first-order valence-corrected chi connectivity index (χ1v) is 12.6. The van der Waals surface area contributed by atoms with Crippen LogP contribution < -0.4 is 15.7 Å². The number of carbonyl (C=O) groups is 3.